The minimum absolute atomic E-state index is 0.140. The number of Topliss-reactive ketones (excluding diaryl/α,β-unsaturated/α-hetero) is 1. The first kappa shape index (κ1) is 15.1. The number of hydrogen-bond donors (Lipinski definition) is 0. The third kappa shape index (κ3) is 3.42. The van der Waals surface area contributed by atoms with Crippen molar-refractivity contribution in [2.24, 2.45) is 5.92 Å². The number of ketones is 1. The Morgan fingerprint density at radius 1 is 1.25 bits per heavy atom. The van der Waals surface area contributed by atoms with Crippen molar-refractivity contribution in [3.8, 4) is 0 Å². The molecule has 1 aliphatic heterocycles. The van der Waals surface area contributed by atoms with Gasteiger partial charge in [0.15, 0.2) is 17.4 Å². The number of nitrogens with zero attached hydrogens (tertiary/aromatic N) is 1. The molecule has 0 bridgehead atoms. The molecular weight excluding hydrogens is 260 g/mol. The van der Waals surface area contributed by atoms with Crippen molar-refractivity contribution in [3.63, 3.8) is 0 Å². The van der Waals surface area contributed by atoms with Gasteiger partial charge < -0.3 is 0 Å². The molecule has 2 rings (SSSR count). The van der Waals surface area contributed by atoms with Crippen LogP contribution in [0.5, 0.6) is 0 Å². The summed E-state index contributed by atoms with van der Waals surface area (Å²) in [6.45, 7) is 5.85. The van der Waals surface area contributed by atoms with Crippen LogP contribution >= 0.6 is 0 Å². The minimum atomic E-state index is -0.965. The van der Waals surface area contributed by atoms with Crippen molar-refractivity contribution in [2.75, 3.05) is 13.1 Å². The third-order valence-electron chi connectivity index (χ3n) is 4.18. The second kappa shape index (κ2) is 6.44. The second-order valence-electron chi connectivity index (χ2n) is 5.74. The van der Waals surface area contributed by atoms with Gasteiger partial charge in [-0.05, 0) is 63.4 Å². The number of carbonyl (C=O) groups is 1. The van der Waals surface area contributed by atoms with Crippen molar-refractivity contribution in [2.45, 2.75) is 39.2 Å². The number of hydrogen-bond acceptors (Lipinski definition) is 2. The summed E-state index contributed by atoms with van der Waals surface area (Å²) >= 11 is 0. The fourth-order valence-electron chi connectivity index (χ4n) is 2.73. The van der Waals surface area contributed by atoms with E-state index in [0.717, 1.165) is 38.1 Å². The van der Waals surface area contributed by atoms with E-state index in [-0.39, 0.29) is 17.4 Å². The molecule has 1 heterocycles. The van der Waals surface area contributed by atoms with Crippen LogP contribution in [0.25, 0.3) is 0 Å². The van der Waals surface area contributed by atoms with Gasteiger partial charge in [-0.2, -0.15) is 0 Å². The summed E-state index contributed by atoms with van der Waals surface area (Å²) in [4.78, 5) is 14.5. The van der Waals surface area contributed by atoms with Gasteiger partial charge in [-0.1, -0.05) is 6.92 Å². The highest BCUT2D eigenvalue weighted by atomic mass is 19.2. The van der Waals surface area contributed by atoms with Crippen molar-refractivity contribution >= 4 is 5.78 Å². The van der Waals surface area contributed by atoms with E-state index >= 15 is 0 Å². The fraction of sp³-hybridized carbons (Fsp3) is 0.562. The zero-order chi connectivity index (χ0) is 14.7. The lowest BCUT2D eigenvalue weighted by Crippen LogP contribution is -2.39. The summed E-state index contributed by atoms with van der Waals surface area (Å²) in [5.74, 6) is -1.34. The average Bonchev–Trinajstić information content (AvgIpc) is 2.65. The Morgan fingerprint density at radius 3 is 2.70 bits per heavy atom. The Hall–Kier alpha value is -1.29. The van der Waals surface area contributed by atoms with E-state index in [1.165, 1.54) is 12.5 Å². The molecule has 0 aliphatic carbocycles. The maximum absolute atomic E-state index is 13.2. The van der Waals surface area contributed by atoms with Gasteiger partial charge in [-0.25, -0.2) is 8.78 Å². The number of carbonyl (C=O) groups excluding carboxylic acids is 1. The first-order chi connectivity index (χ1) is 9.49. The van der Waals surface area contributed by atoms with Crippen molar-refractivity contribution in [1.82, 2.24) is 4.90 Å². The van der Waals surface area contributed by atoms with Gasteiger partial charge in [0.1, 0.15) is 0 Å². The summed E-state index contributed by atoms with van der Waals surface area (Å²) < 4.78 is 26.1. The summed E-state index contributed by atoms with van der Waals surface area (Å²) in [7, 11) is 0. The van der Waals surface area contributed by atoms with Crippen LogP contribution in [0.1, 0.15) is 43.5 Å². The van der Waals surface area contributed by atoms with Gasteiger partial charge in [0, 0.05) is 5.56 Å². The molecular formula is C16H21F2NO. The minimum Gasteiger partial charge on any atom is -0.293 e. The van der Waals surface area contributed by atoms with Crippen LogP contribution in [0.2, 0.25) is 0 Å². The van der Waals surface area contributed by atoms with Crippen LogP contribution in [0.3, 0.4) is 0 Å². The largest absolute Gasteiger partial charge is 0.293 e. The van der Waals surface area contributed by atoms with E-state index in [0.29, 0.717) is 5.92 Å². The smallest absolute Gasteiger partial charge is 0.179 e. The SMILES string of the molecule is CC1CCCN(C(C)C(=O)c2ccc(F)c(F)c2)CC1. The quantitative estimate of drug-likeness (QED) is 0.788. The normalized spacial score (nSPS) is 22.3. The molecule has 4 heteroatoms. The molecule has 110 valence electrons. The van der Waals surface area contributed by atoms with Gasteiger partial charge >= 0.3 is 0 Å². The molecule has 0 aromatic heterocycles. The van der Waals surface area contributed by atoms with Crippen molar-refractivity contribution in [1.29, 1.82) is 0 Å². The molecule has 20 heavy (non-hydrogen) atoms. The molecule has 0 spiro atoms. The molecule has 2 atom stereocenters. The molecule has 1 saturated heterocycles. The lowest BCUT2D eigenvalue weighted by molar-refractivity contribution is 0.0841. The number of likely N-dealkylation sites (tertiary alicyclic amines) is 1. The number of benzene rings is 1. The van der Waals surface area contributed by atoms with Gasteiger partial charge in [0.25, 0.3) is 0 Å². The number of rotatable bonds is 3. The van der Waals surface area contributed by atoms with Crippen LogP contribution < -0.4 is 0 Å². The fourth-order valence-corrected chi connectivity index (χ4v) is 2.73. The van der Waals surface area contributed by atoms with Gasteiger partial charge in [-0.15, -0.1) is 0 Å². The van der Waals surface area contributed by atoms with Crippen LogP contribution in [-0.4, -0.2) is 29.8 Å². The number of halogens is 2. The zero-order valence-electron chi connectivity index (χ0n) is 12.0. The van der Waals surface area contributed by atoms with Gasteiger partial charge in [0.2, 0.25) is 0 Å². The van der Waals surface area contributed by atoms with Crippen LogP contribution in [0.15, 0.2) is 18.2 Å². The first-order valence-electron chi connectivity index (χ1n) is 7.22. The highest BCUT2D eigenvalue weighted by molar-refractivity contribution is 5.99. The van der Waals surface area contributed by atoms with Crippen LogP contribution in [0.4, 0.5) is 8.78 Å². The Morgan fingerprint density at radius 2 is 2.00 bits per heavy atom. The predicted octanol–water partition coefficient (Wildman–Crippen LogP) is 3.66. The second-order valence-corrected chi connectivity index (χ2v) is 5.74. The maximum atomic E-state index is 13.2. The molecule has 2 unspecified atom stereocenters. The topological polar surface area (TPSA) is 20.3 Å². The molecule has 1 fully saturated rings. The highest BCUT2D eigenvalue weighted by Gasteiger charge is 2.25. The molecule has 1 aromatic rings. The third-order valence-corrected chi connectivity index (χ3v) is 4.18. The van der Waals surface area contributed by atoms with E-state index in [2.05, 4.69) is 11.8 Å². The van der Waals surface area contributed by atoms with Gasteiger partial charge in [-0.3, -0.25) is 9.69 Å². The van der Waals surface area contributed by atoms with E-state index in [1.807, 2.05) is 6.92 Å². The van der Waals surface area contributed by atoms with E-state index in [9.17, 15) is 13.6 Å². The monoisotopic (exact) mass is 281 g/mol. The average molecular weight is 281 g/mol. The zero-order valence-corrected chi connectivity index (χ0v) is 12.0. The maximum Gasteiger partial charge on any atom is 0.179 e. The van der Waals surface area contributed by atoms with Crippen molar-refractivity contribution in [3.05, 3.63) is 35.4 Å². The highest BCUT2D eigenvalue weighted by Crippen LogP contribution is 2.20. The van der Waals surface area contributed by atoms with Gasteiger partial charge in [0.05, 0.1) is 6.04 Å². The standard InChI is InChI=1S/C16H21F2NO/c1-11-4-3-8-19(9-7-11)12(2)16(20)13-5-6-14(17)15(18)10-13/h5-6,10-12H,3-4,7-9H2,1-2H3. The Balaban J connectivity index is 2.09. The summed E-state index contributed by atoms with van der Waals surface area (Å²) in [5.41, 5.74) is 0.244. The Kier molecular flexibility index (Phi) is 4.86. The lowest BCUT2D eigenvalue weighted by atomic mass is 10.0. The molecule has 0 radical (unpaired) electrons. The lowest BCUT2D eigenvalue weighted by Gasteiger charge is -2.26. The molecule has 1 aromatic carbocycles. The molecule has 0 amide bonds. The molecule has 0 saturated carbocycles. The summed E-state index contributed by atoms with van der Waals surface area (Å²) in [5, 5.41) is 0. The predicted molar refractivity (Wildman–Crippen MR) is 74.7 cm³/mol. The van der Waals surface area contributed by atoms with Crippen molar-refractivity contribution < 1.29 is 13.6 Å². The van der Waals surface area contributed by atoms with E-state index < -0.39 is 11.6 Å². The summed E-state index contributed by atoms with van der Waals surface area (Å²) in [6, 6.07) is 3.08. The first-order valence-corrected chi connectivity index (χ1v) is 7.22. The Labute approximate surface area is 118 Å². The summed E-state index contributed by atoms with van der Waals surface area (Å²) in [6.07, 6.45) is 3.34. The Bertz CT molecular complexity index is 489. The van der Waals surface area contributed by atoms with Crippen LogP contribution in [0, 0.1) is 17.6 Å². The van der Waals surface area contributed by atoms with E-state index in [1.54, 1.807) is 0 Å². The molecule has 0 N–H and O–H groups in total. The van der Waals surface area contributed by atoms with E-state index in [4.69, 9.17) is 0 Å². The molecule has 1 aliphatic rings. The molecule has 2 nitrogen and oxygen atoms in total. The van der Waals surface area contributed by atoms with Crippen LogP contribution in [-0.2, 0) is 0 Å².